The summed E-state index contributed by atoms with van der Waals surface area (Å²) in [6.45, 7) is 10.0. The normalized spacial score (nSPS) is 34.1. The van der Waals surface area contributed by atoms with Crippen molar-refractivity contribution in [3.8, 4) is 0 Å². The summed E-state index contributed by atoms with van der Waals surface area (Å²) in [5.74, 6) is 0.661. The summed E-state index contributed by atoms with van der Waals surface area (Å²) in [5, 5.41) is 3.78. The molecule has 3 heteroatoms. The number of nitrogens with one attached hydrogen (secondary N) is 1. The quantitative estimate of drug-likeness (QED) is 0.912. The van der Waals surface area contributed by atoms with E-state index in [0.29, 0.717) is 0 Å². The van der Waals surface area contributed by atoms with Crippen molar-refractivity contribution in [2.45, 2.75) is 57.7 Å². The van der Waals surface area contributed by atoms with Gasteiger partial charge in [0.1, 0.15) is 5.82 Å². The number of piperazine rings is 1. The largest absolute Gasteiger partial charge is 0.308 e. The van der Waals surface area contributed by atoms with E-state index in [1.807, 2.05) is 12.1 Å². The Morgan fingerprint density at radius 3 is 2.48 bits per heavy atom. The minimum Gasteiger partial charge on any atom is -0.308 e. The van der Waals surface area contributed by atoms with Crippen molar-refractivity contribution < 1.29 is 4.39 Å². The molecule has 1 aromatic rings. The van der Waals surface area contributed by atoms with Gasteiger partial charge in [0.15, 0.2) is 0 Å². The van der Waals surface area contributed by atoms with E-state index < -0.39 is 0 Å². The van der Waals surface area contributed by atoms with Crippen LogP contribution in [-0.2, 0) is 6.54 Å². The lowest BCUT2D eigenvalue weighted by molar-refractivity contribution is -0.00135. The van der Waals surface area contributed by atoms with Gasteiger partial charge in [0.05, 0.1) is 0 Å². The standard InChI is InChI=1S/C18H27FN2/c1-4-17(2)13-21(11-14-5-9-16(19)10-6-14)18(3,12-20-17)15-7-8-15/h5-6,9-10,15,20H,4,7-8,11-13H2,1-3H3. The van der Waals surface area contributed by atoms with E-state index in [0.717, 1.165) is 32.0 Å². The molecule has 1 aliphatic carbocycles. The van der Waals surface area contributed by atoms with Crippen molar-refractivity contribution in [2.24, 2.45) is 5.92 Å². The van der Waals surface area contributed by atoms with Crippen LogP contribution in [0.15, 0.2) is 24.3 Å². The summed E-state index contributed by atoms with van der Waals surface area (Å²) >= 11 is 0. The van der Waals surface area contributed by atoms with E-state index in [1.54, 1.807) is 12.1 Å². The topological polar surface area (TPSA) is 15.3 Å². The zero-order chi connectivity index (χ0) is 15.1. The Bertz CT molecular complexity index is 496. The summed E-state index contributed by atoms with van der Waals surface area (Å²) in [6.07, 6.45) is 3.83. The molecule has 2 fully saturated rings. The van der Waals surface area contributed by atoms with E-state index in [2.05, 4.69) is 31.0 Å². The van der Waals surface area contributed by atoms with Crippen LogP contribution in [0.1, 0.15) is 45.6 Å². The van der Waals surface area contributed by atoms with Gasteiger partial charge in [-0.2, -0.15) is 0 Å². The Labute approximate surface area is 127 Å². The van der Waals surface area contributed by atoms with Gasteiger partial charge in [0.25, 0.3) is 0 Å². The molecule has 0 bridgehead atoms. The smallest absolute Gasteiger partial charge is 0.123 e. The number of nitrogens with zero attached hydrogens (tertiary/aromatic N) is 1. The van der Waals surface area contributed by atoms with E-state index in [4.69, 9.17) is 0 Å². The maximum absolute atomic E-state index is 13.1. The lowest BCUT2D eigenvalue weighted by Crippen LogP contribution is -2.68. The van der Waals surface area contributed by atoms with Gasteiger partial charge in [0, 0.05) is 30.7 Å². The summed E-state index contributed by atoms with van der Waals surface area (Å²) in [7, 11) is 0. The molecule has 2 atom stereocenters. The first-order valence-electron chi connectivity index (χ1n) is 8.20. The molecule has 1 N–H and O–H groups in total. The molecule has 1 saturated heterocycles. The predicted octanol–water partition coefficient (Wildman–Crippen LogP) is 3.57. The van der Waals surface area contributed by atoms with Crippen molar-refractivity contribution in [2.75, 3.05) is 13.1 Å². The molecule has 0 radical (unpaired) electrons. The number of hydrogen-bond donors (Lipinski definition) is 1. The number of rotatable bonds is 4. The summed E-state index contributed by atoms with van der Waals surface area (Å²) in [6, 6.07) is 7.00. The fourth-order valence-electron chi connectivity index (χ4n) is 3.55. The van der Waals surface area contributed by atoms with Crippen LogP contribution in [0.5, 0.6) is 0 Å². The van der Waals surface area contributed by atoms with Crippen LogP contribution in [0.3, 0.4) is 0 Å². The predicted molar refractivity (Wildman–Crippen MR) is 84.6 cm³/mol. The van der Waals surface area contributed by atoms with Crippen LogP contribution in [0.4, 0.5) is 4.39 Å². The molecule has 21 heavy (non-hydrogen) atoms. The highest BCUT2D eigenvalue weighted by Gasteiger charge is 2.50. The zero-order valence-corrected chi connectivity index (χ0v) is 13.5. The molecule has 1 aliphatic heterocycles. The van der Waals surface area contributed by atoms with E-state index in [9.17, 15) is 4.39 Å². The molecule has 0 aromatic heterocycles. The number of halogens is 1. The van der Waals surface area contributed by atoms with Crippen LogP contribution < -0.4 is 5.32 Å². The third-order valence-corrected chi connectivity index (χ3v) is 5.66. The maximum Gasteiger partial charge on any atom is 0.123 e. The fraction of sp³-hybridized carbons (Fsp3) is 0.667. The van der Waals surface area contributed by atoms with Crippen LogP contribution in [-0.4, -0.2) is 29.1 Å². The van der Waals surface area contributed by atoms with E-state index in [-0.39, 0.29) is 16.9 Å². The van der Waals surface area contributed by atoms with Gasteiger partial charge in [-0.3, -0.25) is 4.90 Å². The molecule has 2 unspecified atom stereocenters. The van der Waals surface area contributed by atoms with Crippen LogP contribution in [0, 0.1) is 11.7 Å². The molecule has 1 aromatic carbocycles. The third kappa shape index (κ3) is 3.00. The first-order valence-corrected chi connectivity index (χ1v) is 8.20. The van der Waals surface area contributed by atoms with Gasteiger partial charge < -0.3 is 5.32 Å². The van der Waals surface area contributed by atoms with Gasteiger partial charge in [-0.05, 0) is 56.7 Å². The van der Waals surface area contributed by atoms with Crippen molar-refractivity contribution in [1.29, 1.82) is 0 Å². The SMILES string of the molecule is CCC1(C)CN(Cc2ccc(F)cc2)C(C)(C2CC2)CN1. The highest BCUT2D eigenvalue weighted by atomic mass is 19.1. The molecule has 116 valence electrons. The second kappa shape index (κ2) is 5.36. The molecule has 2 aliphatic rings. The summed E-state index contributed by atoms with van der Waals surface area (Å²) in [5.41, 5.74) is 1.64. The Kier molecular flexibility index (Phi) is 3.83. The summed E-state index contributed by atoms with van der Waals surface area (Å²) in [4.78, 5) is 2.64. The van der Waals surface area contributed by atoms with E-state index >= 15 is 0 Å². The minimum absolute atomic E-state index is 0.151. The van der Waals surface area contributed by atoms with Crippen LogP contribution in [0.2, 0.25) is 0 Å². The molecule has 2 nitrogen and oxygen atoms in total. The Morgan fingerprint density at radius 2 is 1.90 bits per heavy atom. The van der Waals surface area contributed by atoms with Crippen LogP contribution in [0.25, 0.3) is 0 Å². The minimum atomic E-state index is -0.151. The molecule has 3 rings (SSSR count). The molecular formula is C18H27FN2. The second-order valence-electron chi connectivity index (χ2n) is 7.38. The van der Waals surface area contributed by atoms with Gasteiger partial charge in [-0.15, -0.1) is 0 Å². The monoisotopic (exact) mass is 290 g/mol. The Balaban J connectivity index is 1.81. The van der Waals surface area contributed by atoms with Gasteiger partial charge in [0.2, 0.25) is 0 Å². The van der Waals surface area contributed by atoms with Crippen molar-refractivity contribution >= 4 is 0 Å². The molecule has 0 spiro atoms. The molecule has 1 saturated carbocycles. The van der Waals surface area contributed by atoms with Gasteiger partial charge in [-0.25, -0.2) is 4.39 Å². The fourth-order valence-corrected chi connectivity index (χ4v) is 3.55. The van der Waals surface area contributed by atoms with Gasteiger partial charge in [-0.1, -0.05) is 19.1 Å². The number of benzene rings is 1. The third-order valence-electron chi connectivity index (χ3n) is 5.66. The second-order valence-corrected chi connectivity index (χ2v) is 7.38. The highest BCUT2D eigenvalue weighted by Crippen LogP contribution is 2.45. The number of hydrogen-bond acceptors (Lipinski definition) is 2. The first kappa shape index (κ1) is 15.0. The zero-order valence-electron chi connectivity index (χ0n) is 13.5. The first-order chi connectivity index (χ1) is 9.95. The van der Waals surface area contributed by atoms with Crippen molar-refractivity contribution in [3.63, 3.8) is 0 Å². The Hall–Kier alpha value is -0.930. The van der Waals surface area contributed by atoms with Crippen molar-refractivity contribution in [3.05, 3.63) is 35.6 Å². The lowest BCUT2D eigenvalue weighted by Gasteiger charge is -2.53. The van der Waals surface area contributed by atoms with E-state index in [1.165, 1.54) is 18.4 Å². The van der Waals surface area contributed by atoms with Gasteiger partial charge >= 0.3 is 0 Å². The maximum atomic E-state index is 13.1. The average Bonchev–Trinajstić information content (AvgIpc) is 3.31. The van der Waals surface area contributed by atoms with Crippen molar-refractivity contribution in [1.82, 2.24) is 10.2 Å². The van der Waals surface area contributed by atoms with Crippen LogP contribution >= 0.6 is 0 Å². The Morgan fingerprint density at radius 1 is 1.24 bits per heavy atom. The molecular weight excluding hydrogens is 263 g/mol. The molecule has 0 amide bonds. The highest BCUT2D eigenvalue weighted by molar-refractivity contribution is 5.18. The lowest BCUT2D eigenvalue weighted by atomic mass is 9.84. The average molecular weight is 290 g/mol. The molecule has 1 heterocycles. The summed E-state index contributed by atoms with van der Waals surface area (Å²) < 4.78 is 13.1.